The summed E-state index contributed by atoms with van der Waals surface area (Å²) >= 11 is 5.68. The van der Waals surface area contributed by atoms with E-state index in [9.17, 15) is 9.18 Å². The van der Waals surface area contributed by atoms with Crippen LogP contribution in [0.2, 0.25) is 5.02 Å². The van der Waals surface area contributed by atoms with Crippen LogP contribution in [-0.2, 0) is 0 Å². The number of rotatable bonds is 2. The molecule has 2 N–H and O–H groups in total. The average Bonchev–Trinajstić information content (AvgIpc) is 2.75. The zero-order valence-electron chi connectivity index (χ0n) is 10.2. The lowest BCUT2D eigenvalue weighted by Crippen LogP contribution is -2.34. The summed E-state index contributed by atoms with van der Waals surface area (Å²) in [6, 6.07) is 4.05. The Labute approximate surface area is 111 Å². The summed E-state index contributed by atoms with van der Waals surface area (Å²) in [4.78, 5) is 14.0. The molecule has 1 amide bonds. The number of halogens is 2. The number of likely N-dealkylation sites (tertiary alicyclic amines) is 1. The third kappa shape index (κ3) is 2.49. The summed E-state index contributed by atoms with van der Waals surface area (Å²) in [5.41, 5.74) is 6.11. The number of benzene rings is 1. The third-order valence-corrected chi connectivity index (χ3v) is 3.79. The lowest BCUT2D eigenvalue weighted by Gasteiger charge is -2.22. The SMILES string of the molecule is CC1(CN)CCN(C(=O)c2ccc(F)c(Cl)c2)C1. The van der Waals surface area contributed by atoms with Gasteiger partial charge in [0.1, 0.15) is 5.82 Å². The van der Waals surface area contributed by atoms with Crippen LogP contribution in [0.15, 0.2) is 18.2 Å². The van der Waals surface area contributed by atoms with Gasteiger partial charge in [-0.1, -0.05) is 18.5 Å². The van der Waals surface area contributed by atoms with Crippen molar-refractivity contribution >= 4 is 17.5 Å². The van der Waals surface area contributed by atoms with Crippen LogP contribution in [0.3, 0.4) is 0 Å². The molecule has 98 valence electrons. The number of hydrogen-bond acceptors (Lipinski definition) is 2. The lowest BCUT2D eigenvalue weighted by atomic mass is 9.90. The van der Waals surface area contributed by atoms with Crippen LogP contribution in [0, 0.1) is 11.2 Å². The van der Waals surface area contributed by atoms with Crippen molar-refractivity contribution in [2.45, 2.75) is 13.3 Å². The van der Waals surface area contributed by atoms with E-state index in [4.69, 9.17) is 17.3 Å². The van der Waals surface area contributed by atoms with Gasteiger partial charge in [-0.2, -0.15) is 0 Å². The number of carbonyl (C=O) groups excluding carboxylic acids is 1. The van der Waals surface area contributed by atoms with Crippen LogP contribution in [0.5, 0.6) is 0 Å². The summed E-state index contributed by atoms with van der Waals surface area (Å²) in [6.07, 6.45) is 0.893. The molecular weight excluding hydrogens is 255 g/mol. The molecule has 18 heavy (non-hydrogen) atoms. The quantitative estimate of drug-likeness (QED) is 0.896. The Bertz CT molecular complexity index is 480. The zero-order chi connectivity index (χ0) is 13.3. The molecule has 1 atom stereocenters. The summed E-state index contributed by atoms with van der Waals surface area (Å²) in [5.74, 6) is -0.629. The molecule has 0 aliphatic carbocycles. The van der Waals surface area contributed by atoms with Gasteiger partial charge < -0.3 is 10.6 Å². The predicted octanol–water partition coefficient (Wildman–Crippen LogP) is 2.29. The van der Waals surface area contributed by atoms with Gasteiger partial charge in [0.2, 0.25) is 0 Å². The first kappa shape index (κ1) is 13.3. The molecule has 5 heteroatoms. The molecule has 1 aromatic carbocycles. The maximum Gasteiger partial charge on any atom is 0.253 e. The van der Waals surface area contributed by atoms with E-state index in [1.165, 1.54) is 18.2 Å². The molecule has 0 saturated carbocycles. The Morgan fingerprint density at radius 3 is 2.89 bits per heavy atom. The van der Waals surface area contributed by atoms with E-state index < -0.39 is 5.82 Å². The minimum Gasteiger partial charge on any atom is -0.338 e. The van der Waals surface area contributed by atoms with Crippen molar-refractivity contribution in [1.29, 1.82) is 0 Å². The van der Waals surface area contributed by atoms with E-state index in [-0.39, 0.29) is 16.3 Å². The molecule has 1 aromatic rings. The summed E-state index contributed by atoms with van der Waals surface area (Å²) < 4.78 is 13.0. The molecule has 3 nitrogen and oxygen atoms in total. The number of carbonyl (C=O) groups is 1. The fourth-order valence-electron chi connectivity index (χ4n) is 2.18. The fourth-order valence-corrected chi connectivity index (χ4v) is 2.36. The van der Waals surface area contributed by atoms with Gasteiger partial charge in [0.05, 0.1) is 5.02 Å². The van der Waals surface area contributed by atoms with Crippen LogP contribution < -0.4 is 5.73 Å². The monoisotopic (exact) mass is 270 g/mol. The van der Waals surface area contributed by atoms with Gasteiger partial charge in [-0.15, -0.1) is 0 Å². The second-order valence-electron chi connectivity index (χ2n) is 5.12. The Morgan fingerprint density at radius 2 is 2.33 bits per heavy atom. The normalized spacial score (nSPS) is 23.4. The molecule has 0 aromatic heterocycles. The van der Waals surface area contributed by atoms with Crippen LogP contribution in [0.25, 0.3) is 0 Å². The van der Waals surface area contributed by atoms with Crippen molar-refractivity contribution in [3.05, 3.63) is 34.6 Å². The van der Waals surface area contributed by atoms with Crippen LogP contribution in [0.1, 0.15) is 23.7 Å². The van der Waals surface area contributed by atoms with E-state index >= 15 is 0 Å². The van der Waals surface area contributed by atoms with Gasteiger partial charge in [-0.3, -0.25) is 4.79 Å². The Morgan fingerprint density at radius 1 is 1.61 bits per heavy atom. The molecule has 1 heterocycles. The molecule has 1 aliphatic heterocycles. The Hall–Kier alpha value is -1.13. The van der Waals surface area contributed by atoms with Gasteiger partial charge in [-0.05, 0) is 36.6 Å². The number of amides is 1. The van der Waals surface area contributed by atoms with Gasteiger partial charge in [0.25, 0.3) is 5.91 Å². The number of hydrogen-bond donors (Lipinski definition) is 1. The topological polar surface area (TPSA) is 46.3 Å². The molecule has 0 bridgehead atoms. The van der Waals surface area contributed by atoms with Crippen molar-refractivity contribution < 1.29 is 9.18 Å². The Kier molecular flexibility index (Phi) is 3.59. The van der Waals surface area contributed by atoms with Gasteiger partial charge in [-0.25, -0.2) is 4.39 Å². The highest BCUT2D eigenvalue weighted by Gasteiger charge is 2.35. The first-order valence-corrected chi connectivity index (χ1v) is 6.27. The van der Waals surface area contributed by atoms with Crippen LogP contribution in [-0.4, -0.2) is 30.4 Å². The second-order valence-corrected chi connectivity index (χ2v) is 5.53. The second kappa shape index (κ2) is 4.86. The number of nitrogens with two attached hydrogens (primary N) is 1. The summed E-state index contributed by atoms with van der Waals surface area (Å²) in [7, 11) is 0. The smallest absolute Gasteiger partial charge is 0.253 e. The molecule has 2 rings (SSSR count). The highest BCUT2D eigenvalue weighted by molar-refractivity contribution is 6.31. The van der Waals surface area contributed by atoms with E-state index in [1.54, 1.807) is 4.90 Å². The largest absolute Gasteiger partial charge is 0.338 e. The average molecular weight is 271 g/mol. The minimum absolute atomic E-state index is 0.0144. The van der Waals surface area contributed by atoms with E-state index in [1.807, 2.05) is 0 Å². The lowest BCUT2D eigenvalue weighted by molar-refractivity contribution is 0.0777. The van der Waals surface area contributed by atoms with Crippen molar-refractivity contribution in [2.24, 2.45) is 11.1 Å². The van der Waals surface area contributed by atoms with Crippen molar-refractivity contribution in [2.75, 3.05) is 19.6 Å². The van der Waals surface area contributed by atoms with Crippen molar-refractivity contribution in [3.63, 3.8) is 0 Å². The molecule has 1 fully saturated rings. The molecule has 1 saturated heterocycles. The van der Waals surface area contributed by atoms with Crippen molar-refractivity contribution in [1.82, 2.24) is 4.90 Å². The maximum absolute atomic E-state index is 13.0. The van der Waals surface area contributed by atoms with E-state index in [0.717, 1.165) is 6.42 Å². The molecular formula is C13H16ClFN2O. The highest BCUT2D eigenvalue weighted by Crippen LogP contribution is 2.29. The standard InChI is InChI=1S/C13H16ClFN2O/c1-13(7-16)4-5-17(8-13)12(18)9-2-3-11(15)10(14)6-9/h2-3,6H,4-5,7-8,16H2,1H3. The molecule has 0 radical (unpaired) electrons. The van der Waals surface area contributed by atoms with Crippen LogP contribution in [0.4, 0.5) is 4.39 Å². The van der Waals surface area contributed by atoms with Crippen LogP contribution >= 0.6 is 11.6 Å². The van der Waals surface area contributed by atoms with Gasteiger partial charge in [0.15, 0.2) is 0 Å². The molecule has 0 spiro atoms. The highest BCUT2D eigenvalue weighted by atomic mass is 35.5. The first-order chi connectivity index (χ1) is 8.45. The van der Waals surface area contributed by atoms with Gasteiger partial charge >= 0.3 is 0 Å². The number of nitrogens with zero attached hydrogens (tertiary/aromatic N) is 1. The third-order valence-electron chi connectivity index (χ3n) is 3.50. The molecule has 1 unspecified atom stereocenters. The van der Waals surface area contributed by atoms with Gasteiger partial charge in [0, 0.05) is 18.7 Å². The zero-order valence-corrected chi connectivity index (χ0v) is 11.0. The predicted molar refractivity (Wildman–Crippen MR) is 69.1 cm³/mol. The summed E-state index contributed by atoms with van der Waals surface area (Å²) in [5, 5.41) is -0.0263. The van der Waals surface area contributed by atoms with Crippen molar-refractivity contribution in [3.8, 4) is 0 Å². The Balaban J connectivity index is 2.15. The molecule has 1 aliphatic rings. The summed E-state index contributed by atoms with van der Waals surface area (Å²) in [6.45, 7) is 3.94. The fraction of sp³-hybridized carbons (Fsp3) is 0.462. The van der Waals surface area contributed by atoms with E-state index in [0.29, 0.717) is 25.2 Å². The van der Waals surface area contributed by atoms with E-state index in [2.05, 4.69) is 6.92 Å². The maximum atomic E-state index is 13.0. The first-order valence-electron chi connectivity index (χ1n) is 5.90. The minimum atomic E-state index is -0.513.